The number of methoxy groups -OCH3 is 1. The van der Waals surface area contributed by atoms with Crippen molar-refractivity contribution in [2.45, 2.75) is 0 Å². The van der Waals surface area contributed by atoms with Crippen LogP contribution in [0.4, 0.5) is 5.69 Å². The van der Waals surface area contributed by atoms with Gasteiger partial charge in [0.15, 0.2) is 0 Å². The molecule has 0 aliphatic carbocycles. The Morgan fingerprint density at radius 3 is 2.47 bits per heavy atom. The minimum absolute atomic E-state index is 0.0181. The number of esters is 1. The van der Waals surface area contributed by atoms with Gasteiger partial charge in [-0.05, 0) is 24.3 Å². The molecule has 6 heteroatoms. The van der Waals surface area contributed by atoms with E-state index in [0.29, 0.717) is 5.69 Å². The van der Waals surface area contributed by atoms with Gasteiger partial charge in [0.1, 0.15) is 0 Å². The summed E-state index contributed by atoms with van der Waals surface area (Å²) in [6.07, 6.45) is 0. The average molecular weight is 301 g/mol. The van der Waals surface area contributed by atoms with Gasteiger partial charge in [-0.25, -0.2) is 0 Å². The van der Waals surface area contributed by atoms with Gasteiger partial charge in [0, 0.05) is 10.2 Å². The molecule has 0 aromatic heterocycles. The molecule has 0 radical (unpaired) electrons. The molecule has 0 unspecified atom stereocenters. The molecule has 0 fully saturated rings. The number of carbonyl (C=O) groups excluding carboxylic acids is 2. The van der Waals surface area contributed by atoms with Gasteiger partial charge in [-0.15, -0.1) is 0 Å². The number of anilines is 1. The summed E-state index contributed by atoms with van der Waals surface area (Å²) in [4.78, 5) is 22.2. The molecule has 0 aliphatic rings. The number of hydrogen-bond acceptors (Lipinski definition) is 4. The Morgan fingerprint density at radius 1 is 1.24 bits per heavy atom. The number of amides is 1. The van der Waals surface area contributed by atoms with Gasteiger partial charge in [-0.1, -0.05) is 15.9 Å². The van der Waals surface area contributed by atoms with Crippen molar-refractivity contribution in [1.82, 2.24) is 5.32 Å². The predicted octanol–water partition coefficient (Wildman–Crippen LogP) is 1.15. The largest absolute Gasteiger partial charge is 0.468 e. The molecule has 1 rings (SSSR count). The molecule has 0 bridgehead atoms. The SMILES string of the molecule is COC(=O)CNCC(=O)Nc1ccc(Br)cc1. The monoisotopic (exact) mass is 300 g/mol. The second kappa shape index (κ2) is 7.03. The van der Waals surface area contributed by atoms with Crippen LogP contribution >= 0.6 is 15.9 Å². The van der Waals surface area contributed by atoms with Crippen molar-refractivity contribution < 1.29 is 14.3 Å². The summed E-state index contributed by atoms with van der Waals surface area (Å²) in [5.41, 5.74) is 0.707. The lowest BCUT2D eigenvalue weighted by Gasteiger charge is -2.06. The molecule has 1 amide bonds. The zero-order chi connectivity index (χ0) is 12.7. The van der Waals surface area contributed by atoms with Crippen LogP contribution in [0.1, 0.15) is 0 Å². The van der Waals surface area contributed by atoms with Gasteiger partial charge < -0.3 is 10.1 Å². The Labute approximate surface area is 108 Å². The van der Waals surface area contributed by atoms with Crippen LogP contribution in [-0.2, 0) is 14.3 Å². The number of carbonyl (C=O) groups is 2. The molecule has 0 aliphatic heterocycles. The number of rotatable bonds is 5. The Bertz CT molecular complexity index is 392. The first-order valence-corrected chi connectivity index (χ1v) is 5.74. The Hall–Kier alpha value is -1.40. The van der Waals surface area contributed by atoms with Crippen molar-refractivity contribution >= 4 is 33.5 Å². The first kappa shape index (κ1) is 13.7. The van der Waals surface area contributed by atoms with E-state index in [1.165, 1.54) is 7.11 Å². The topological polar surface area (TPSA) is 67.4 Å². The fraction of sp³-hybridized carbons (Fsp3) is 0.273. The molecule has 1 aromatic carbocycles. The average Bonchev–Trinajstić information content (AvgIpc) is 2.32. The second-order valence-electron chi connectivity index (χ2n) is 3.23. The van der Waals surface area contributed by atoms with E-state index in [9.17, 15) is 9.59 Å². The van der Waals surface area contributed by atoms with Crippen LogP contribution in [0.5, 0.6) is 0 Å². The summed E-state index contributed by atoms with van der Waals surface area (Å²) < 4.78 is 5.37. The van der Waals surface area contributed by atoms with Gasteiger partial charge in [-0.3, -0.25) is 14.9 Å². The van der Waals surface area contributed by atoms with E-state index in [4.69, 9.17) is 0 Å². The number of benzene rings is 1. The van der Waals surface area contributed by atoms with Crippen LogP contribution < -0.4 is 10.6 Å². The van der Waals surface area contributed by atoms with E-state index in [1.807, 2.05) is 12.1 Å². The van der Waals surface area contributed by atoms with Crippen molar-refractivity contribution in [1.29, 1.82) is 0 Å². The highest BCUT2D eigenvalue weighted by molar-refractivity contribution is 9.10. The number of ether oxygens (including phenoxy) is 1. The Morgan fingerprint density at radius 2 is 1.88 bits per heavy atom. The summed E-state index contributed by atoms with van der Waals surface area (Å²) >= 11 is 3.30. The quantitative estimate of drug-likeness (QED) is 0.801. The maximum absolute atomic E-state index is 11.4. The molecule has 5 nitrogen and oxygen atoms in total. The lowest BCUT2D eigenvalue weighted by Crippen LogP contribution is -2.32. The summed E-state index contributed by atoms with van der Waals surface area (Å²) in [6.45, 7) is 0.0788. The number of nitrogens with one attached hydrogen (secondary N) is 2. The van der Waals surface area contributed by atoms with Gasteiger partial charge in [-0.2, -0.15) is 0 Å². The predicted molar refractivity (Wildman–Crippen MR) is 67.7 cm³/mol. The van der Waals surface area contributed by atoms with Crippen LogP contribution in [0.3, 0.4) is 0 Å². The number of halogens is 1. The minimum Gasteiger partial charge on any atom is -0.468 e. The second-order valence-corrected chi connectivity index (χ2v) is 4.15. The minimum atomic E-state index is -0.401. The van der Waals surface area contributed by atoms with E-state index < -0.39 is 5.97 Å². The zero-order valence-corrected chi connectivity index (χ0v) is 10.9. The van der Waals surface area contributed by atoms with E-state index in [1.54, 1.807) is 12.1 Å². The van der Waals surface area contributed by atoms with Crippen LogP contribution in [-0.4, -0.2) is 32.1 Å². The molecule has 2 N–H and O–H groups in total. The molecule has 92 valence electrons. The summed E-state index contributed by atoms with van der Waals surface area (Å²) in [6, 6.07) is 7.22. The Kier molecular flexibility index (Phi) is 5.65. The maximum atomic E-state index is 11.4. The molecule has 0 atom stereocenters. The van der Waals surface area contributed by atoms with Gasteiger partial charge >= 0.3 is 5.97 Å². The fourth-order valence-corrected chi connectivity index (χ4v) is 1.35. The molecule has 0 saturated carbocycles. The van der Waals surface area contributed by atoms with Crippen molar-refractivity contribution in [3.63, 3.8) is 0 Å². The van der Waals surface area contributed by atoms with Crippen molar-refractivity contribution in [2.24, 2.45) is 0 Å². The third-order valence-electron chi connectivity index (χ3n) is 1.91. The molecular weight excluding hydrogens is 288 g/mol. The summed E-state index contributed by atoms with van der Waals surface area (Å²) in [5, 5.41) is 5.36. The van der Waals surface area contributed by atoms with E-state index >= 15 is 0 Å². The summed E-state index contributed by atoms with van der Waals surface area (Å²) in [5.74, 6) is -0.613. The highest BCUT2D eigenvalue weighted by atomic mass is 79.9. The van der Waals surface area contributed by atoms with Crippen molar-refractivity contribution in [2.75, 3.05) is 25.5 Å². The van der Waals surface area contributed by atoms with Gasteiger partial charge in [0.05, 0.1) is 20.2 Å². The van der Waals surface area contributed by atoms with Crippen molar-refractivity contribution in [3.05, 3.63) is 28.7 Å². The third-order valence-corrected chi connectivity index (χ3v) is 2.44. The molecule has 1 aromatic rings. The lowest BCUT2D eigenvalue weighted by molar-refractivity contribution is -0.139. The highest BCUT2D eigenvalue weighted by Gasteiger charge is 2.04. The van der Waals surface area contributed by atoms with E-state index in [-0.39, 0.29) is 19.0 Å². The first-order valence-electron chi connectivity index (χ1n) is 4.95. The zero-order valence-electron chi connectivity index (χ0n) is 9.33. The van der Waals surface area contributed by atoms with E-state index in [2.05, 4.69) is 31.3 Å². The van der Waals surface area contributed by atoms with E-state index in [0.717, 1.165) is 4.47 Å². The first-order chi connectivity index (χ1) is 8.11. The van der Waals surface area contributed by atoms with Gasteiger partial charge in [0.2, 0.25) is 5.91 Å². The molecular formula is C11H13BrN2O3. The number of hydrogen-bond donors (Lipinski definition) is 2. The normalized spacial score (nSPS) is 9.76. The van der Waals surface area contributed by atoms with Crippen molar-refractivity contribution in [3.8, 4) is 0 Å². The standard InChI is InChI=1S/C11H13BrN2O3/c1-17-11(16)7-13-6-10(15)14-9-4-2-8(12)3-5-9/h2-5,13H,6-7H2,1H3,(H,14,15). The lowest BCUT2D eigenvalue weighted by atomic mass is 10.3. The molecule has 17 heavy (non-hydrogen) atoms. The van der Waals surface area contributed by atoms with Crippen LogP contribution in [0.15, 0.2) is 28.7 Å². The highest BCUT2D eigenvalue weighted by Crippen LogP contribution is 2.13. The Balaban J connectivity index is 2.30. The van der Waals surface area contributed by atoms with Gasteiger partial charge in [0.25, 0.3) is 0 Å². The smallest absolute Gasteiger partial charge is 0.319 e. The van der Waals surface area contributed by atoms with Crippen LogP contribution in [0.25, 0.3) is 0 Å². The molecule has 0 heterocycles. The molecule has 0 saturated heterocycles. The third kappa shape index (κ3) is 5.46. The maximum Gasteiger partial charge on any atom is 0.319 e. The summed E-state index contributed by atoms with van der Waals surface area (Å²) in [7, 11) is 1.30. The fourth-order valence-electron chi connectivity index (χ4n) is 1.09. The molecule has 0 spiro atoms. The van der Waals surface area contributed by atoms with Crippen LogP contribution in [0.2, 0.25) is 0 Å². The van der Waals surface area contributed by atoms with Crippen LogP contribution in [0, 0.1) is 0 Å².